The molecule has 0 saturated carbocycles. The van der Waals surface area contributed by atoms with Crippen LogP contribution in [0.15, 0.2) is 18.2 Å². The quantitative estimate of drug-likeness (QED) is 0.546. The van der Waals surface area contributed by atoms with E-state index in [0.29, 0.717) is 37.2 Å². The molecule has 35 heavy (non-hydrogen) atoms. The van der Waals surface area contributed by atoms with E-state index < -0.39 is 23.8 Å². The number of hydrogen-bond donors (Lipinski definition) is 1. The molecule has 6 nitrogen and oxygen atoms in total. The van der Waals surface area contributed by atoms with E-state index in [2.05, 4.69) is 27.2 Å². The number of nitrogens with one attached hydrogen (secondary N) is 1. The molecule has 2 bridgehead atoms. The normalized spacial score (nSPS) is 24.3. The SMILES string of the molecule is C[C@@H](Nc1nc(Cl)nc2c1CC(CCC(=O)N1C[C@H]3C[C@@H]1CN3C)C2)c1cccc(C(F)F)c1F. The van der Waals surface area contributed by atoms with Gasteiger partial charge in [0.15, 0.2) is 0 Å². The molecule has 1 N–H and O–H groups in total. The Kier molecular flexibility index (Phi) is 6.65. The highest BCUT2D eigenvalue weighted by Crippen LogP contribution is 2.36. The van der Waals surface area contributed by atoms with Crippen molar-refractivity contribution in [1.29, 1.82) is 0 Å². The van der Waals surface area contributed by atoms with Gasteiger partial charge < -0.3 is 10.2 Å². The molecule has 1 aromatic heterocycles. The van der Waals surface area contributed by atoms with E-state index in [0.717, 1.165) is 43.3 Å². The lowest BCUT2D eigenvalue weighted by molar-refractivity contribution is -0.133. The summed E-state index contributed by atoms with van der Waals surface area (Å²) in [4.78, 5) is 25.9. The molecule has 1 unspecified atom stereocenters. The molecule has 3 aliphatic rings. The summed E-state index contributed by atoms with van der Waals surface area (Å²) in [5.41, 5.74) is 1.23. The van der Waals surface area contributed by atoms with Crippen LogP contribution in [-0.4, -0.2) is 57.9 Å². The Labute approximate surface area is 207 Å². The number of benzene rings is 1. The average Bonchev–Trinajstić information content (AvgIpc) is 3.50. The van der Waals surface area contributed by atoms with E-state index in [1.54, 1.807) is 6.92 Å². The van der Waals surface area contributed by atoms with Crippen LogP contribution >= 0.6 is 11.6 Å². The highest BCUT2D eigenvalue weighted by Gasteiger charge is 2.43. The Morgan fingerprint density at radius 2 is 1.97 bits per heavy atom. The monoisotopic (exact) mass is 507 g/mol. The number of fused-ring (bicyclic) bond motifs is 3. The molecule has 1 amide bonds. The fourth-order valence-corrected chi connectivity index (χ4v) is 6.02. The molecular formula is C25H29ClF3N5O. The molecule has 2 aliphatic heterocycles. The zero-order valence-electron chi connectivity index (χ0n) is 19.8. The second-order valence-electron chi connectivity index (χ2n) is 10.0. The molecule has 1 aromatic carbocycles. The van der Waals surface area contributed by atoms with Crippen molar-refractivity contribution in [3.05, 3.63) is 51.7 Å². The Bertz CT molecular complexity index is 1130. The summed E-state index contributed by atoms with van der Waals surface area (Å²) in [6, 6.07) is 4.22. The van der Waals surface area contributed by atoms with Gasteiger partial charge in [-0.2, -0.15) is 0 Å². The van der Waals surface area contributed by atoms with E-state index in [1.165, 1.54) is 12.1 Å². The first-order chi connectivity index (χ1) is 16.7. The van der Waals surface area contributed by atoms with Crippen LogP contribution in [0.2, 0.25) is 5.28 Å². The lowest BCUT2D eigenvalue weighted by atomic mass is 9.99. The van der Waals surface area contributed by atoms with E-state index in [-0.39, 0.29) is 22.7 Å². The molecule has 0 radical (unpaired) electrons. The van der Waals surface area contributed by atoms with Crippen LogP contribution in [0.25, 0.3) is 0 Å². The van der Waals surface area contributed by atoms with Crippen molar-refractivity contribution in [2.75, 3.05) is 25.5 Å². The first-order valence-electron chi connectivity index (χ1n) is 12.1. The maximum Gasteiger partial charge on any atom is 0.266 e. The maximum absolute atomic E-state index is 14.7. The number of nitrogens with zero attached hydrogens (tertiary/aromatic N) is 4. The minimum Gasteiger partial charge on any atom is -0.363 e. The number of carbonyl (C=O) groups excluding carboxylic acids is 1. The van der Waals surface area contributed by atoms with Gasteiger partial charge in [-0.25, -0.2) is 23.1 Å². The van der Waals surface area contributed by atoms with Crippen LogP contribution in [0.5, 0.6) is 0 Å². The number of likely N-dealkylation sites (tertiary alicyclic amines) is 2. The van der Waals surface area contributed by atoms with Crippen molar-refractivity contribution in [2.45, 2.75) is 63.6 Å². The topological polar surface area (TPSA) is 61.4 Å². The van der Waals surface area contributed by atoms with Gasteiger partial charge in [0.05, 0.1) is 17.3 Å². The van der Waals surface area contributed by atoms with Crippen molar-refractivity contribution in [1.82, 2.24) is 19.8 Å². The van der Waals surface area contributed by atoms with Gasteiger partial charge in [-0.3, -0.25) is 9.69 Å². The van der Waals surface area contributed by atoms with Crippen LogP contribution in [-0.2, 0) is 17.6 Å². The molecule has 2 fully saturated rings. The molecule has 188 valence electrons. The summed E-state index contributed by atoms with van der Waals surface area (Å²) in [6.07, 6.45) is 0.800. The van der Waals surface area contributed by atoms with E-state index >= 15 is 0 Å². The molecule has 3 heterocycles. The van der Waals surface area contributed by atoms with E-state index in [4.69, 9.17) is 11.6 Å². The van der Waals surface area contributed by atoms with Crippen LogP contribution in [0.3, 0.4) is 0 Å². The van der Waals surface area contributed by atoms with Gasteiger partial charge in [0.25, 0.3) is 6.43 Å². The maximum atomic E-state index is 14.7. The largest absolute Gasteiger partial charge is 0.363 e. The van der Waals surface area contributed by atoms with Crippen molar-refractivity contribution in [3.63, 3.8) is 0 Å². The highest BCUT2D eigenvalue weighted by atomic mass is 35.5. The molecule has 2 saturated heterocycles. The number of hydrogen-bond acceptors (Lipinski definition) is 5. The van der Waals surface area contributed by atoms with Gasteiger partial charge >= 0.3 is 0 Å². The number of alkyl halides is 2. The summed E-state index contributed by atoms with van der Waals surface area (Å²) >= 11 is 6.17. The van der Waals surface area contributed by atoms with Crippen molar-refractivity contribution in [2.24, 2.45) is 5.92 Å². The van der Waals surface area contributed by atoms with Crippen molar-refractivity contribution >= 4 is 23.3 Å². The number of likely N-dealkylation sites (N-methyl/N-ethyl adjacent to an activating group) is 1. The standard InChI is InChI=1S/C25H29ClF3N5O/c1-13(17-4-3-5-18(22(17)27)23(28)29)30-24-19-8-14(9-20(19)31-25(26)32-24)6-7-21(35)34-12-15-10-16(34)11-33(15)2/h3-5,13-16,23H,6-12H2,1-2H3,(H,30,31,32)/t13-,14?,15-,16-/m1/s1. The summed E-state index contributed by atoms with van der Waals surface area (Å²) in [7, 11) is 2.12. The summed E-state index contributed by atoms with van der Waals surface area (Å²) in [5.74, 6) is 0.0199. The number of carbonyl (C=O) groups is 1. The lowest BCUT2D eigenvalue weighted by Gasteiger charge is -2.32. The third-order valence-corrected chi connectivity index (χ3v) is 7.92. The smallest absolute Gasteiger partial charge is 0.266 e. The molecule has 4 atom stereocenters. The van der Waals surface area contributed by atoms with Crippen molar-refractivity contribution in [3.8, 4) is 0 Å². The molecule has 10 heteroatoms. The Hall–Kier alpha value is -2.39. The first-order valence-corrected chi connectivity index (χ1v) is 12.5. The summed E-state index contributed by atoms with van der Waals surface area (Å²) in [5, 5.41) is 3.24. The Balaban J connectivity index is 1.24. The lowest BCUT2D eigenvalue weighted by Crippen LogP contribution is -2.47. The number of piperazine rings is 1. The highest BCUT2D eigenvalue weighted by molar-refractivity contribution is 6.28. The average molecular weight is 508 g/mol. The van der Waals surface area contributed by atoms with E-state index in [9.17, 15) is 18.0 Å². The van der Waals surface area contributed by atoms with Gasteiger partial charge in [0, 0.05) is 42.7 Å². The summed E-state index contributed by atoms with van der Waals surface area (Å²) in [6.45, 7) is 3.47. The summed E-state index contributed by atoms with van der Waals surface area (Å²) < 4.78 is 40.9. The minimum absolute atomic E-state index is 0.0780. The molecule has 5 rings (SSSR count). The number of anilines is 1. The third-order valence-electron chi connectivity index (χ3n) is 7.75. The van der Waals surface area contributed by atoms with Gasteiger partial charge in [0.1, 0.15) is 11.6 Å². The predicted octanol–water partition coefficient (Wildman–Crippen LogP) is 4.79. The number of rotatable bonds is 7. The van der Waals surface area contributed by atoms with Gasteiger partial charge in [-0.05, 0) is 57.2 Å². The third kappa shape index (κ3) is 4.72. The molecule has 2 aromatic rings. The van der Waals surface area contributed by atoms with Crippen LogP contribution < -0.4 is 5.32 Å². The van der Waals surface area contributed by atoms with Gasteiger partial charge in [0.2, 0.25) is 11.2 Å². The Morgan fingerprint density at radius 3 is 2.66 bits per heavy atom. The minimum atomic E-state index is -2.89. The zero-order chi connectivity index (χ0) is 24.9. The van der Waals surface area contributed by atoms with Crippen LogP contribution in [0.1, 0.15) is 61.0 Å². The zero-order valence-corrected chi connectivity index (χ0v) is 20.5. The van der Waals surface area contributed by atoms with Crippen molar-refractivity contribution < 1.29 is 18.0 Å². The second-order valence-corrected chi connectivity index (χ2v) is 10.4. The van der Waals surface area contributed by atoms with E-state index in [1.807, 2.05) is 4.90 Å². The van der Waals surface area contributed by atoms with Gasteiger partial charge in [-0.15, -0.1) is 0 Å². The molecular weight excluding hydrogens is 479 g/mol. The number of aromatic nitrogens is 2. The predicted molar refractivity (Wildman–Crippen MR) is 127 cm³/mol. The first kappa shape index (κ1) is 24.3. The number of amides is 1. The fourth-order valence-electron chi connectivity index (χ4n) is 5.84. The second kappa shape index (κ2) is 9.58. The van der Waals surface area contributed by atoms with Crippen LogP contribution in [0, 0.1) is 11.7 Å². The molecule has 0 spiro atoms. The van der Waals surface area contributed by atoms with Gasteiger partial charge in [-0.1, -0.05) is 18.2 Å². The van der Waals surface area contributed by atoms with Crippen LogP contribution in [0.4, 0.5) is 19.0 Å². The number of halogens is 4. The molecule has 1 aliphatic carbocycles. The fraction of sp³-hybridized carbons (Fsp3) is 0.560. The Morgan fingerprint density at radius 1 is 1.20 bits per heavy atom.